The second-order valence-electron chi connectivity index (χ2n) is 5.82. The SMILES string of the molecule is CCc1ccccc1NC(=O)CN(C)c1nc2ccccc2c(=O)[nH]1. The molecule has 1 heterocycles. The predicted molar refractivity (Wildman–Crippen MR) is 100 cm³/mol. The lowest BCUT2D eigenvalue weighted by atomic mass is 10.1. The third-order valence-electron chi connectivity index (χ3n) is 4.02. The van der Waals surface area contributed by atoms with E-state index in [1.165, 1.54) is 0 Å². The van der Waals surface area contributed by atoms with Crippen molar-refractivity contribution >= 4 is 28.4 Å². The third kappa shape index (κ3) is 3.68. The monoisotopic (exact) mass is 336 g/mol. The molecule has 1 amide bonds. The molecule has 6 nitrogen and oxygen atoms in total. The van der Waals surface area contributed by atoms with Crippen LogP contribution in [0.3, 0.4) is 0 Å². The van der Waals surface area contributed by atoms with Crippen molar-refractivity contribution in [3.8, 4) is 0 Å². The van der Waals surface area contributed by atoms with Gasteiger partial charge in [-0.25, -0.2) is 4.98 Å². The fraction of sp³-hybridized carbons (Fsp3) is 0.211. The highest BCUT2D eigenvalue weighted by atomic mass is 16.2. The van der Waals surface area contributed by atoms with E-state index in [-0.39, 0.29) is 18.0 Å². The van der Waals surface area contributed by atoms with Crippen LogP contribution in [0.1, 0.15) is 12.5 Å². The Morgan fingerprint density at radius 3 is 2.68 bits per heavy atom. The van der Waals surface area contributed by atoms with Gasteiger partial charge >= 0.3 is 0 Å². The van der Waals surface area contributed by atoms with Gasteiger partial charge in [0.25, 0.3) is 5.56 Å². The first kappa shape index (κ1) is 16.7. The van der Waals surface area contributed by atoms with E-state index in [2.05, 4.69) is 15.3 Å². The number of nitrogens with zero attached hydrogens (tertiary/aromatic N) is 2. The Bertz CT molecular complexity index is 965. The number of para-hydroxylation sites is 2. The van der Waals surface area contributed by atoms with Gasteiger partial charge in [0.1, 0.15) is 0 Å². The van der Waals surface area contributed by atoms with Crippen LogP contribution < -0.4 is 15.8 Å². The molecule has 0 aliphatic rings. The number of amides is 1. The van der Waals surface area contributed by atoms with Crippen LogP contribution in [0.5, 0.6) is 0 Å². The lowest BCUT2D eigenvalue weighted by Gasteiger charge is -2.18. The van der Waals surface area contributed by atoms with Crippen LogP contribution in [0.4, 0.5) is 11.6 Å². The minimum Gasteiger partial charge on any atom is -0.336 e. The van der Waals surface area contributed by atoms with Crippen molar-refractivity contribution in [3.05, 3.63) is 64.4 Å². The summed E-state index contributed by atoms with van der Waals surface area (Å²) in [5.74, 6) is 0.196. The number of carbonyl (C=O) groups is 1. The zero-order valence-electron chi connectivity index (χ0n) is 14.2. The smallest absolute Gasteiger partial charge is 0.260 e. The highest BCUT2D eigenvalue weighted by molar-refractivity contribution is 5.94. The van der Waals surface area contributed by atoms with Crippen molar-refractivity contribution in [1.82, 2.24) is 9.97 Å². The van der Waals surface area contributed by atoms with Gasteiger partial charge in [0.05, 0.1) is 17.4 Å². The van der Waals surface area contributed by atoms with Crippen molar-refractivity contribution in [3.63, 3.8) is 0 Å². The Morgan fingerprint density at radius 1 is 1.16 bits per heavy atom. The number of nitrogens with one attached hydrogen (secondary N) is 2. The standard InChI is InChI=1S/C19H20N4O2/c1-3-13-8-4-6-10-15(13)20-17(24)12-23(2)19-21-16-11-7-5-9-14(16)18(25)22-19/h4-11H,3,12H2,1-2H3,(H,20,24)(H,21,22,25). The number of hydrogen-bond acceptors (Lipinski definition) is 4. The van der Waals surface area contributed by atoms with Gasteiger partial charge in [0.15, 0.2) is 0 Å². The number of benzene rings is 2. The third-order valence-corrected chi connectivity index (χ3v) is 4.02. The number of aromatic nitrogens is 2. The molecule has 0 fully saturated rings. The zero-order chi connectivity index (χ0) is 17.8. The van der Waals surface area contributed by atoms with E-state index in [1.807, 2.05) is 37.3 Å². The summed E-state index contributed by atoms with van der Waals surface area (Å²) in [7, 11) is 1.72. The van der Waals surface area contributed by atoms with Gasteiger partial charge in [-0.15, -0.1) is 0 Å². The molecule has 0 aliphatic heterocycles. The molecule has 128 valence electrons. The van der Waals surface area contributed by atoms with Gasteiger partial charge in [-0.05, 0) is 30.2 Å². The molecule has 2 N–H and O–H groups in total. The maximum absolute atomic E-state index is 12.3. The second-order valence-corrected chi connectivity index (χ2v) is 5.82. The molecule has 0 radical (unpaired) electrons. The Labute approximate surface area is 145 Å². The molecule has 0 unspecified atom stereocenters. The van der Waals surface area contributed by atoms with E-state index < -0.39 is 0 Å². The van der Waals surface area contributed by atoms with Crippen molar-refractivity contribution < 1.29 is 4.79 Å². The summed E-state index contributed by atoms with van der Waals surface area (Å²) in [5, 5.41) is 3.44. The molecule has 0 saturated carbocycles. The number of carbonyl (C=O) groups excluding carboxylic acids is 1. The fourth-order valence-corrected chi connectivity index (χ4v) is 2.69. The molecular weight excluding hydrogens is 316 g/mol. The molecule has 25 heavy (non-hydrogen) atoms. The number of H-pyrrole nitrogens is 1. The molecule has 0 bridgehead atoms. The van der Waals surface area contributed by atoms with Crippen molar-refractivity contribution in [1.29, 1.82) is 0 Å². The van der Waals surface area contributed by atoms with Crippen LogP contribution in [0, 0.1) is 0 Å². The second kappa shape index (κ2) is 7.17. The quantitative estimate of drug-likeness (QED) is 0.750. The largest absolute Gasteiger partial charge is 0.336 e. The summed E-state index contributed by atoms with van der Waals surface area (Å²) >= 11 is 0. The van der Waals surface area contributed by atoms with E-state index in [1.54, 1.807) is 30.1 Å². The number of rotatable bonds is 5. The average Bonchev–Trinajstić information content (AvgIpc) is 2.62. The molecule has 0 atom stereocenters. The van der Waals surface area contributed by atoms with Gasteiger partial charge < -0.3 is 10.2 Å². The van der Waals surface area contributed by atoms with Gasteiger partial charge in [0, 0.05) is 12.7 Å². The van der Waals surface area contributed by atoms with Crippen LogP contribution in [0.2, 0.25) is 0 Å². The van der Waals surface area contributed by atoms with Gasteiger partial charge in [-0.1, -0.05) is 37.3 Å². The summed E-state index contributed by atoms with van der Waals surface area (Å²) in [6.45, 7) is 2.13. The summed E-state index contributed by atoms with van der Waals surface area (Å²) < 4.78 is 0. The van der Waals surface area contributed by atoms with Crippen LogP contribution in [0.15, 0.2) is 53.3 Å². The highest BCUT2D eigenvalue weighted by Crippen LogP contribution is 2.16. The van der Waals surface area contributed by atoms with Crippen LogP contribution in [-0.2, 0) is 11.2 Å². The van der Waals surface area contributed by atoms with Crippen LogP contribution >= 0.6 is 0 Å². The summed E-state index contributed by atoms with van der Waals surface area (Å²) in [6, 6.07) is 14.8. The number of likely N-dealkylation sites (N-methyl/N-ethyl adjacent to an activating group) is 1. The molecular formula is C19H20N4O2. The molecule has 3 rings (SSSR count). The molecule has 1 aromatic heterocycles. The van der Waals surface area contributed by atoms with Gasteiger partial charge in [-0.3, -0.25) is 14.6 Å². The van der Waals surface area contributed by atoms with Crippen molar-refractivity contribution in [2.75, 3.05) is 23.8 Å². The van der Waals surface area contributed by atoms with E-state index in [0.29, 0.717) is 16.9 Å². The fourth-order valence-electron chi connectivity index (χ4n) is 2.69. The Balaban J connectivity index is 1.76. The van der Waals surface area contributed by atoms with Crippen LogP contribution in [0.25, 0.3) is 10.9 Å². The Hall–Kier alpha value is -3.15. The van der Waals surface area contributed by atoms with Crippen molar-refractivity contribution in [2.24, 2.45) is 0 Å². The molecule has 6 heteroatoms. The molecule has 3 aromatic rings. The summed E-state index contributed by atoms with van der Waals surface area (Å²) in [6.07, 6.45) is 0.839. The first-order chi connectivity index (χ1) is 12.1. The van der Waals surface area contributed by atoms with E-state index in [4.69, 9.17) is 0 Å². The summed E-state index contributed by atoms with van der Waals surface area (Å²) in [4.78, 5) is 33.2. The Kier molecular flexibility index (Phi) is 4.79. The Morgan fingerprint density at radius 2 is 1.88 bits per heavy atom. The highest BCUT2D eigenvalue weighted by Gasteiger charge is 2.12. The maximum atomic E-state index is 12.3. The van der Waals surface area contributed by atoms with E-state index in [9.17, 15) is 9.59 Å². The first-order valence-electron chi connectivity index (χ1n) is 8.16. The lowest BCUT2D eigenvalue weighted by molar-refractivity contribution is -0.114. The first-order valence-corrected chi connectivity index (χ1v) is 8.16. The molecule has 2 aromatic carbocycles. The number of aryl methyl sites for hydroxylation is 1. The maximum Gasteiger partial charge on any atom is 0.260 e. The number of hydrogen-bond donors (Lipinski definition) is 2. The lowest BCUT2D eigenvalue weighted by Crippen LogP contribution is -2.32. The topological polar surface area (TPSA) is 78.1 Å². The number of aromatic amines is 1. The minimum atomic E-state index is -0.218. The molecule has 0 spiro atoms. The molecule has 0 aliphatic carbocycles. The minimum absolute atomic E-state index is 0.0827. The predicted octanol–water partition coefficient (Wildman–Crippen LogP) is 2.56. The molecule has 0 saturated heterocycles. The van der Waals surface area contributed by atoms with Crippen molar-refractivity contribution in [2.45, 2.75) is 13.3 Å². The van der Waals surface area contributed by atoms with E-state index >= 15 is 0 Å². The summed E-state index contributed by atoms with van der Waals surface area (Å²) in [5.41, 5.74) is 2.27. The average molecular weight is 336 g/mol. The van der Waals surface area contributed by atoms with Gasteiger partial charge in [-0.2, -0.15) is 0 Å². The number of anilines is 2. The zero-order valence-corrected chi connectivity index (χ0v) is 14.2. The normalized spacial score (nSPS) is 10.6. The number of fused-ring (bicyclic) bond motifs is 1. The van der Waals surface area contributed by atoms with E-state index in [0.717, 1.165) is 17.7 Å². The van der Waals surface area contributed by atoms with Gasteiger partial charge in [0.2, 0.25) is 11.9 Å². The van der Waals surface area contributed by atoms with Crippen LogP contribution in [-0.4, -0.2) is 29.5 Å².